The average molecular weight is 381 g/mol. The van der Waals surface area contributed by atoms with Crippen LogP contribution >= 0.6 is 0 Å². The molecule has 140 valence electrons. The summed E-state index contributed by atoms with van der Waals surface area (Å²) in [5.74, 6) is 0.686. The van der Waals surface area contributed by atoms with Gasteiger partial charge < -0.3 is 4.74 Å². The van der Waals surface area contributed by atoms with Crippen LogP contribution in [-0.4, -0.2) is 8.42 Å². The molecule has 27 heavy (non-hydrogen) atoms. The molecule has 0 spiro atoms. The third-order valence-electron chi connectivity index (χ3n) is 4.13. The fourth-order valence-corrected chi connectivity index (χ4v) is 3.76. The monoisotopic (exact) mass is 381 g/mol. The molecule has 0 aliphatic heterocycles. The highest BCUT2D eigenvalue weighted by Crippen LogP contribution is 2.21. The minimum absolute atomic E-state index is 0.256. The summed E-state index contributed by atoms with van der Waals surface area (Å²) in [5, 5.41) is 0. The summed E-state index contributed by atoms with van der Waals surface area (Å²) in [6.07, 6.45) is 1.97. The van der Waals surface area contributed by atoms with Crippen LogP contribution in [0.4, 0.5) is 5.69 Å². The predicted molar refractivity (Wildman–Crippen MR) is 108 cm³/mol. The maximum absolute atomic E-state index is 12.5. The second kappa shape index (κ2) is 8.73. The predicted octanol–water partition coefficient (Wildman–Crippen LogP) is 5.02. The molecular formula is C22H23NO3S. The SMILES string of the molecule is CCCc1ccc(S(=O)(=O)Nc2ccc(OCc3ccccc3)cc2)cc1. The van der Waals surface area contributed by atoms with E-state index in [9.17, 15) is 8.42 Å². The van der Waals surface area contributed by atoms with Crippen molar-refractivity contribution < 1.29 is 13.2 Å². The second-order valence-electron chi connectivity index (χ2n) is 6.30. The molecule has 4 nitrogen and oxygen atoms in total. The first-order chi connectivity index (χ1) is 13.1. The van der Waals surface area contributed by atoms with E-state index in [1.54, 1.807) is 36.4 Å². The first-order valence-electron chi connectivity index (χ1n) is 8.95. The normalized spacial score (nSPS) is 11.1. The van der Waals surface area contributed by atoms with Gasteiger partial charge in [0.25, 0.3) is 10.0 Å². The highest BCUT2D eigenvalue weighted by molar-refractivity contribution is 7.92. The molecule has 0 aliphatic rings. The van der Waals surface area contributed by atoms with Gasteiger partial charge in [0.15, 0.2) is 0 Å². The molecule has 0 unspecified atom stereocenters. The van der Waals surface area contributed by atoms with Gasteiger partial charge in [0.1, 0.15) is 12.4 Å². The fraction of sp³-hybridized carbons (Fsp3) is 0.182. The van der Waals surface area contributed by atoms with E-state index < -0.39 is 10.0 Å². The summed E-state index contributed by atoms with van der Waals surface area (Å²) in [5.41, 5.74) is 2.71. The smallest absolute Gasteiger partial charge is 0.261 e. The fourth-order valence-electron chi connectivity index (χ4n) is 2.70. The van der Waals surface area contributed by atoms with Crippen LogP contribution in [0.15, 0.2) is 83.8 Å². The molecule has 0 fully saturated rings. The zero-order valence-corrected chi connectivity index (χ0v) is 16.1. The number of aryl methyl sites for hydroxylation is 1. The number of benzene rings is 3. The standard InChI is InChI=1S/C22H23NO3S/c1-2-6-18-9-15-22(16-10-18)27(24,25)23-20-11-13-21(14-12-20)26-17-19-7-4-3-5-8-19/h3-5,7-16,23H,2,6,17H2,1H3. The lowest BCUT2D eigenvalue weighted by Gasteiger charge is -2.10. The molecule has 3 rings (SSSR count). The van der Waals surface area contributed by atoms with Crippen LogP contribution in [0.5, 0.6) is 5.75 Å². The van der Waals surface area contributed by atoms with E-state index in [1.165, 1.54) is 0 Å². The van der Waals surface area contributed by atoms with Crippen LogP contribution in [-0.2, 0) is 23.1 Å². The van der Waals surface area contributed by atoms with E-state index >= 15 is 0 Å². The molecule has 5 heteroatoms. The lowest BCUT2D eigenvalue weighted by Crippen LogP contribution is -2.12. The van der Waals surface area contributed by atoms with Gasteiger partial charge in [-0.3, -0.25) is 4.72 Å². The van der Waals surface area contributed by atoms with E-state index in [0.717, 1.165) is 24.0 Å². The maximum Gasteiger partial charge on any atom is 0.261 e. The molecule has 0 heterocycles. The Morgan fingerprint density at radius 1 is 0.815 bits per heavy atom. The minimum atomic E-state index is -3.60. The van der Waals surface area contributed by atoms with E-state index in [1.807, 2.05) is 42.5 Å². The third kappa shape index (κ3) is 5.34. The number of hydrogen-bond donors (Lipinski definition) is 1. The lowest BCUT2D eigenvalue weighted by molar-refractivity contribution is 0.306. The minimum Gasteiger partial charge on any atom is -0.489 e. The van der Waals surface area contributed by atoms with Gasteiger partial charge in [0.2, 0.25) is 0 Å². The van der Waals surface area contributed by atoms with Crippen LogP contribution in [0.3, 0.4) is 0 Å². The Hall–Kier alpha value is -2.79. The number of hydrogen-bond acceptors (Lipinski definition) is 3. The van der Waals surface area contributed by atoms with Gasteiger partial charge in [-0.05, 0) is 53.9 Å². The topological polar surface area (TPSA) is 55.4 Å². The van der Waals surface area contributed by atoms with Crippen LogP contribution in [0.2, 0.25) is 0 Å². The Morgan fingerprint density at radius 2 is 1.48 bits per heavy atom. The molecule has 0 saturated heterocycles. The molecule has 0 saturated carbocycles. The largest absolute Gasteiger partial charge is 0.489 e. The van der Waals surface area contributed by atoms with Crippen molar-refractivity contribution in [2.24, 2.45) is 0 Å². The molecule has 0 amide bonds. The molecule has 1 N–H and O–H groups in total. The van der Waals surface area contributed by atoms with Gasteiger partial charge in [0, 0.05) is 5.69 Å². The van der Waals surface area contributed by atoms with E-state index in [-0.39, 0.29) is 4.90 Å². The Balaban J connectivity index is 1.62. The number of rotatable bonds is 8. The number of anilines is 1. The van der Waals surface area contributed by atoms with Gasteiger partial charge in [-0.15, -0.1) is 0 Å². The lowest BCUT2D eigenvalue weighted by atomic mass is 10.1. The first kappa shape index (κ1) is 19.0. The highest BCUT2D eigenvalue weighted by Gasteiger charge is 2.14. The van der Waals surface area contributed by atoms with E-state index in [0.29, 0.717) is 18.0 Å². The summed E-state index contributed by atoms with van der Waals surface area (Å²) in [6.45, 7) is 2.56. The Morgan fingerprint density at radius 3 is 2.11 bits per heavy atom. The van der Waals surface area contributed by atoms with Crippen molar-refractivity contribution in [1.29, 1.82) is 0 Å². The summed E-state index contributed by atoms with van der Waals surface area (Å²) < 4.78 is 33.4. The zero-order chi connectivity index (χ0) is 19.1. The zero-order valence-electron chi connectivity index (χ0n) is 15.3. The third-order valence-corrected chi connectivity index (χ3v) is 5.52. The van der Waals surface area contributed by atoms with Crippen molar-refractivity contribution >= 4 is 15.7 Å². The Labute approximate surface area is 160 Å². The highest BCUT2D eigenvalue weighted by atomic mass is 32.2. The number of nitrogens with one attached hydrogen (secondary N) is 1. The van der Waals surface area contributed by atoms with E-state index in [4.69, 9.17) is 4.74 Å². The van der Waals surface area contributed by atoms with E-state index in [2.05, 4.69) is 11.6 Å². The Kier molecular flexibility index (Phi) is 6.14. The van der Waals surface area contributed by atoms with Crippen LogP contribution < -0.4 is 9.46 Å². The van der Waals surface area contributed by atoms with Gasteiger partial charge in [-0.25, -0.2) is 8.42 Å². The second-order valence-corrected chi connectivity index (χ2v) is 7.98. The van der Waals surface area contributed by atoms with Crippen molar-refractivity contribution in [2.45, 2.75) is 31.3 Å². The van der Waals surface area contributed by atoms with Crippen molar-refractivity contribution in [3.8, 4) is 5.75 Å². The van der Waals surface area contributed by atoms with Crippen LogP contribution in [0, 0.1) is 0 Å². The van der Waals surface area contributed by atoms with Crippen molar-refractivity contribution in [2.75, 3.05) is 4.72 Å². The quantitative estimate of drug-likeness (QED) is 0.596. The van der Waals surface area contributed by atoms with Gasteiger partial charge >= 0.3 is 0 Å². The molecule has 3 aromatic carbocycles. The molecule has 0 aromatic heterocycles. The molecule has 0 radical (unpaired) electrons. The number of sulfonamides is 1. The van der Waals surface area contributed by atoms with Gasteiger partial charge in [-0.2, -0.15) is 0 Å². The molecule has 0 bridgehead atoms. The first-order valence-corrected chi connectivity index (χ1v) is 10.4. The molecule has 3 aromatic rings. The summed E-state index contributed by atoms with van der Waals surface area (Å²) in [4.78, 5) is 0.256. The maximum atomic E-state index is 12.5. The summed E-state index contributed by atoms with van der Waals surface area (Å²) in [6, 6.07) is 23.8. The van der Waals surface area contributed by atoms with Crippen molar-refractivity contribution in [3.05, 3.63) is 90.0 Å². The van der Waals surface area contributed by atoms with Gasteiger partial charge in [0.05, 0.1) is 4.90 Å². The molecule has 0 atom stereocenters. The molecule has 0 aliphatic carbocycles. The average Bonchev–Trinajstić information content (AvgIpc) is 2.69. The Bertz CT molecular complexity index is 951. The van der Waals surface area contributed by atoms with Crippen molar-refractivity contribution in [3.63, 3.8) is 0 Å². The van der Waals surface area contributed by atoms with Crippen LogP contribution in [0.1, 0.15) is 24.5 Å². The summed E-state index contributed by atoms with van der Waals surface area (Å²) in [7, 11) is -3.60. The van der Waals surface area contributed by atoms with Crippen molar-refractivity contribution in [1.82, 2.24) is 0 Å². The van der Waals surface area contributed by atoms with Crippen LogP contribution in [0.25, 0.3) is 0 Å². The summed E-state index contributed by atoms with van der Waals surface area (Å²) >= 11 is 0. The number of ether oxygens (including phenoxy) is 1. The molecular weight excluding hydrogens is 358 g/mol. The van der Waals surface area contributed by atoms with Gasteiger partial charge in [-0.1, -0.05) is 55.8 Å².